The smallest absolute Gasteiger partial charge is 0.396 e. The fourth-order valence-electron chi connectivity index (χ4n) is 2.79. The van der Waals surface area contributed by atoms with Crippen molar-refractivity contribution < 1.29 is 33.1 Å². The Hall–Kier alpha value is -1.33. The SMILES string of the molecule is CCC(C)(C)OCC1O[C@@H](n2cc(C)c(=O)[nH]c2=O)C[C@H]1OP(=O)(O)OCCCO. The highest BCUT2D eigenvalue weighted by Gasteiger charge is 2.42. The Kier molecular flexibility index (Phi) is 8.58. The van der Waals surface area contributed by atoms with E-state index in [9.17, 15) is 19.0 Å². The van der Waals surface area contributed by atoms with Crippen LogP contribution in [-0.2, 0) is 23.1 Å². The van der Waals surface area contributed by atoms with Gasteiger partial charge in [0.25, 0.3) is 5.56 Å². The minimum atomic E-state index is -4.42. The Bertz CT molecular complexity index is 866. The highest BCUT2D eigenvalue weighted by atomic mass is 31.2. The maximum Gasteiger partial charge on any atom is 0.472 e. The summed E-state index contributed by atoms with van der Waals surface area (Å²) in [4.78, 5) is 36.1. The van der Waals surface area contributed by atoms with Crippen LogP contribution in [0.3, 0.4) is 0 Å². The van der Waals surface area contributed by atoms with Crippen molar-refractivity contribution in [1.29, 1.82) is 0 Å². The van der Waals surface area contributed by atoms with E-state index in [1.54, 1.807) is 6.92 Å². The normalized spacial score (nSPS) is 24.1. The van der Waals surface area contributed by atoms with E-state index in [4.69, 9.17) is 23.6 Å². The number of hydrogen-bond acceptors (Lipinski definition) is 8. The van der Waals surface area contributed by atoms with E-state index in [0.717, 1.165) is 6.42 Å². The average Bonchev–Trinajstić information content (AvgIpc) is 3.05. The van der Waals surface area contributed by atoms with Crippen molar-refractivity contribution >= 4 is 7.82 Å². The van der Waals surface area contributed by atoms with Gasteiger partial charge < -0.3 is 19.5 Å². The molecule has 3 N–H and O–H groups in total. The van der Waals surface area contributed by atoms with Crippen LogP contribution in [-0.4, -0.2) is 57.2 Å². The van der Waals surface area contributed by atoms with Crippen LogP contribution >= 0.6 is 7.82 Å². The van der Waals surface area contributed by atoms with Crippen LogP contribution in [0.1, 0.15) is 51.8 Å². The minimum Gasteiger partial charge on any atom is -0.396 e. The Morgan fingerprint density at radius 2 is 2.10 bits per heavy atom. The van der Waals surface area contributed by atoms with Crippen molar-refractivity contribution in [3.8, 4) is 0 Å². The fourth-order valence-corrected chi connectivity index (χ4v) is 3.77. The highest BCUT2D eigenvalue weighted by molar-refractivity contribution is 7.47. The van der Waals surface area contributed by atoms with E-state index >= 15 is 0 Å². The van der Waals surface area contributed by atoms with Gasteiger partial charge in [0.05, 0.1) is 18.8 Å². The van der Waals surface area contributed by atoms with Crippen LogP contribution in [0.2, 0.25) is 0 Å². The van der Waals surface area contributed by atoms with Gasteiger partial charge in [-0.05, 0) is 33.6 Å². The van der Waals surface area contributed by atoms with Crippen molar-refractivity contribution in [2.24, 2.45) is 0 Å². The van der Waals surface area contributed by atoms with Gasteiger partial charge in [-0.25, -0.2) is 9.36 Å². The molecule has 0 aliphatic carbocycles. The van der Waals surface area contributed by atoms with E-state index in [0.29, 0.717) is 5.56 Å². The molecule has 0 aromatic carbocycles. The molecule has 1 saturated heterocycles. The van der Waals surface area contributed by atoms with Crippen molar-refractivity contribution in [2.45, 2.75) is 71.0 Å². The molecule has 2 unspecified atom stereocenters. The lowest BCUT2D eigenvalue weighted by Gasteiger charge is -2.27. The predicted octanol–water partition coefficient (Wildman–Crippen LogP) is 1.22. The maximum absolute atomic E-state index is 12.3. The van der Waals surface area contributed by atoms with Gasteiger partial charge in [0, 0.05) is 24.8 Å². The summed E-state index contributed by atoms with van der Waals surface area (Å²) in [6.07, 6.45) is -0.114. The molecule has 0 bridgehead atoms. The highest BCUT2D eigenvalue weighted by Crippen LogP contribution is 2.48. The van der Waals surface area contributed by atoms with Crippen LogP contribution in [0.25, 0.3) is 0 Å². The molecule has 30 heavy (non-hydrogen) atoms. The van der Waals surface area contributed by atoms with Gasteiger partial charge in [0.1, 0.15) is 18.4 Å². The minimum absolute atomic E-state index is 0.0652. The van der Waals surface area contributed by atoms with Gasteiger partial charge >= 0.3 is 13.5 Å². The van der Waals surface area contributed by atoms with Gasteiger partial charge in [-0.15, -0.1) is 0 Å². The molecular weight excluding hydrogens is 419 g/mol. The summed E-state index contributed by atoms with van der Waals surface area (Å²) in [5, 5.41) is 8.80. The Morgan fingerprint density at radius 3 is 2.73 bits per heavy atom. The molecule has 0 radical (unpaired) electrons. The zero-order valence-electron chi connectivity index (χ0n) is 17.7. The molecule has 4 atom stereocenters. The molecule has 1 aromatic heterocycles. The second kappa shape index (κ2) is 10.3. The molecular formula is C18H31N2O9P. The molecule has 2 rings (SSSR count). The zero-order valence-corrected chi connectivity index (χ0v) is 18.6. The number of phosphoric acid groups is 1. The van der Waals surface area contributed by atoms with E-state index in [1.165, 1.54) is 10.8 Å². The van der Waals surface area contributed by atoms with E-state index < -0.39 is 43.1 Å². The monoisotopic (exact) mass is 450 g/mol. The van der Waals surface area contributed by atoms with E-state index in [-0.39, 0.29) is 32.7 Å². The number of ether oxygens (including phenoxy) is 2. The molecule has 11 nitrogen and oxygen atoms in total. The summed E-state index contributed by atoms with van der Waals surface area (Å²) in [6.45, 7) is 7.05. The van der Waals surface area contributed by atoms with Crippen LogP contribution in [0, 0.1) is 6.92 Å². The Labute approximate surface area is 174 Å². The fraction of sp³-hybridized carbons (Fsp3) is 0.778. The van der Waals surface area contributed by atoms with Gasteiger partial charge in [0.15, 0.2) is 0 Å². The van der Waals surface area contributed by atoms with Crippen molar-refractivity contribution in [1.82, 2.24) is 9.55 Å². The van der Waals surface area contributed by atoms with Crippen LogP contribution in [0.15, 0.2) is 15.8 Å². The molecule has 1 fully saturated rings. The quantitative estimate of drug-likeness (QED) is 0.334. The maximum atomic E-state index is 12.3. The second-order valence-electron chi connectivity index (χ2n) is 7.79. The van der Waals surface area contributed by atoms with Gasteiger partial charge in [-0.2, -0.15) is 0 Å². The van der Waals surface area contributed by atoms with Crippen LogP contribution in [0.5, 0.6) is 0 Å². The molecule has 172 valence electrons. The first-order valence-corrected chi connectivity index (χ1v) is 11.4. The number of aromatic amines is 1. The molecule has 0 saturated carbocycles. The molecule has 1 aromatic rings. The molecule has 1 aliphatic heterocycles. The first-order chi connectivity index (χ1) is 14.0. The summed E-state index contributed by atoms with van der Waals surface area (Å²) in [5.41, 5.74) is -1.28. The molecule has 0 spiro atoms. The number of aliphatic hydroxyl groups is 1. The van der Waals surface area contributed by atoms with Gasteiger partial charge in [0.2, 0.25) is 0 Å². The lowest BCUT2D eigenvalue weighted by atomic mass is 10.1. The number of aliphatic hydroxyl groups excluding tert-OH is 1. The number of aromatic nitrogens is 2. The molecule has 12 heteroatoms. The third-order valence-electron chi connectivity index (χ3n) is 4.95. The number of nitrogens with zero attached hydrogens (tertiary/aromatic N) is 1. The number of phosphoric ester groups is 1. The average molecular weight is 450 g/mol. The number of nitrogens with one attached hydrogen (secondary N) is 1. The molecule has 0 amide bonds. The van der Waals surface area contributed by atoms with E-state index in [2.05, 4.69) is 4.98 Å². The lowest BCUT2D eigenvalue weighted by Crippen LogP contribution is -2.35. The van der Waals surface area contributed by atoms with Crippen molar-refractivity contribution in [3.63, 3.8) is 0 Å². The van der Waals surface area contributed by atoms with Crippen molar-refractivity contribution in [2.75, 3.05) is 19.8 Å². The summed E-state index contributed by atoms with van der Waals surface area (Å²) in [5.74, 6) is 0. The predicted molar refractivity (Wildman–Crippen MR) is 107 cm³/mol. The standard InChI is InChI=1S/C18H31N2O9P/c1-5-18(3,4)26-11-14-13(29-30(24,25)27-8-6-7-21)9-15(28-14)20-10-12(2)16(22)19-17(20)23/h10,13-15,21H,5-9,11H2,1-4H3,(H,24,25)(H,19,22,23)/t13-,14?,15-/m1/s1. The largest absolute Gasteiger partial charge is 0.472 e. The first-order valence-electron chi connectivity index (χ1n) is 9.86. The Morgan fingerprint density at radius 1 is 1.40 bits per heavy atom. The zero-order chi connectivity index (χ0) is 22.5. The van der Waals surface area contributed by atoms with Crippen LogP contribution < -0.4 is 11.2 Å². The summed E-state index contributed by atoms with van der Waals surface area (Å²) in [7, 11) is -4.42. The number of hydrogen-bond donors (Lipinski definition) is 3. The lowest BCUT2D eigenvalue weighted by molar-refractivity contribution is -0.105. The van der Waals surface area contributed by atoms with Gasteiger partial charge in [-0.1, -0.05) is 6.92 Å². The topological polar surface area (TPSA) is 149 Å². The number of rotatable bonds is 11. The summed E-state index contributed by atoms with van der Waals surface area (Å²) in [6, 6.07) is 0. The summed E-state index contributed by atoms with van der Waals surface area (Å²) >= 11 is 0. The Balaban J connectivity index is 2.21. The first kappa shape index (κ1) is 24.9. The molecule has 2 heterocycles. The van der Waals surface area contributed by atoms with Crippen molar-refractivity contribution in [3.05, 3.63) is 32.6 Å². The third-order valence-corrected chi connectivity index (χ3v) is 6.00. The second-order valence-corrected chi connectivity index (χ2v) is 9.20. The molecule has 1 aliphatic rings. The van der Waals surface area contributed by atoms with Gasteiger partial charge in [-0.3, -0.25) is 23.4 Å². The summed E-state index contributed by atoms with van der Waals surface area (Å²) < 4.78 is 35.4. The number of aryl methyl sites for hydroxylation is 1. The van der Waals surface area contributed by atoms with E-state index in [1.807, 2.05) is 20.8 Å². The third kappa shape index (κ3) is 6.84. The van der Waals surface area contributed by atoms with Crippen LogP contribution in [0.4, 0.5) is 0 Å². The number of H-pyrrole nitrogens is 1.